The van der Waals surface area contributed by atoms with E-state index in [0.29, 0.717) is 5.02 Å². The van der Waals surface area contributed by atoms with Gasteiger partial charge in [-0.15, -0.1) is 0 Å². The Balaban J connectivity index is 2.61. The van der Waals surface area contributed by atoms with Gasteiger partial charge in [0, 0.05) is 26.2 Å². The molecule has 0 aliphatic carbocycles. The minimum Gasteiger partial charge on any atom is -0.508 e. The smallest absolute Gasteiger partial charge is 0.283 e. The Hall–Kier alpha value is -1.67. The Labute approximate surface area is 186 Å². The summed E-state index contributed by atoms with van der Waals surface area (Å²) in [5, 5.41) is 20.1. The predicted molar refractivity (Wildman–Crippen MR) is 114 cm³/mol. The average Bonchev–Trinajstić information content (AvgIpc) is 2.63. The quantitative estimate of drug-likeness (QED) is 0.311. The third kappa shape index (κ3) is 3.77. The molecule has 29 heavy (non-hydrogen) atoms. The summed E-state index contributed by atoms with van der Waals surface area (Å²) in [7, 11) is -5.07. The molecule has 0 amide bonds. The summed E-state index contributed by atoms with van der Waals surface area (Å²) in [5.74, 6) is -0.773. The number of benzene rings is 3. The standard InChI is InChI=1S/C19H12Cl4O5S/c20-11-3-1-10(2-4-11)19(29(26,27)28,13-7-12(24)5-6-15(13)21)14-8-18(25)17(23)9-16(14)22/h1-9,24-25H,(H,26,27,28). The molecule has 0 aliphatic rings. The Morgan fingerprint density at radius 1 is 0.724 bits per heavy atom. The summed E-state index contributed by atoms with van der Waals surface area (Å²) >= 11 is 24.4. The van der Waals surface area contributed by atoms with Crippen molar-refractivity contribution in [1.29, 1.82) is 0 Å². The van der Waals surface area contributed by atoms with Crippen LogP contribution < -0.4 is 0 Å². The lowest BCUT2D eigenvalue weighted by atomic mass is 9.83. The van der Waals surface area contributed by atoms with Gasteiger partial charge in [-0.25, -0.2) is 0 Å². The van der Waals surface area contributed by atoms with E-state index in [4.69, 9.17) is 46.4 Å². The molecule has 152 valence electrons. The second-order valence-electron chi connectivity index (χ2n) is 6.11. The van der Waals surface area contributed by atoms with Crippen molar-refractivity contribution in [1.82, 2.24) is 0 Å². The zero-order valence-corrected chi connectivity index (χ0v) is 18.1. The summed E-state index contributed by atoms with van der Waals surface area (Å²) in [6, 6.07) is 11.3. The SMILES string of the molecule is O=S(=O)(O)C(c1ccc(Cl)cc1)(c1cc(O)ccc1Cl)c1cc(O)c(Cl)cc1Cl. The first-order valence-corrected chi connectivity index (χ1v) is 10.8. The van der Waals surface area contributed by atoms with Crippen molar-refractivity contribution in [3.05, 3.63) is 91.4 Å². The van der Waals surface area contributed by atoms with Crippen LogP contribution in [0.5, 0.6) is 11.5 Å². The predicted octanol–water partition coefficient (Wildman–Crippen LogP) is 5.89. The Morgan fingerprint density at radius 3 is 1.90 bits per heavy atom. The third-order valence-electron chi connectivity index (χ3n) is 4.38. The van der Waals surface area contributed by atoms with E-state index in [1.165, 1.54) is 36.4 Å². The van der Waals surface area contributed by atoms with E-state index in [2.05, 4.69) is 0 Å². The molecule has 0 bridgehead atoms. The molecule has 1 unspecified atom stereocenters. The van der Waals surface area contributed by atoms with Crippen LogP contribution in [0.15, 0.2) is 54.6 Å². The second kappa shape index (κ2) is 7.87. The summed E-state index contributed by atoms with van der Waals surface area (Å²) in [4.78, 5) is 0. The van der Waals surface area contributed by atoms with Crippen molar-refractivity contribution < 1.29 is 23.2 Å². The largest absolute Gasteiger partial charge is 0.508 e. The van der Waals surface area contributed by atoms with Crippen molar-refractivity contribution >= 4 is 56.5 Å². The highest BCUT2D eigenvalue weighted by Crippen LogP contribution is 2.50. The molecule has 3 aromatic rings. The Bertz CT molecular complexity index is 1200. The normalized spacial score (nSPS) is 13.8. The van der Waals surface area contributed by atoms with E-state index < -0.39 is 20.6 Å². The number of phenols is 2. The zero-order chi connectivity index (χ0) is 21.6. The maximum Gasteiger partial charge on any atom is 0.283 e. The van der Waals surface area contributed by atoms with Gasteiger partial charge in [-0.05, 0) is 48.0 Å². The van der Waals surface area contributed by atoms with Crippen molar-refractivity contribution in [3.8, 4) is 11.5 Å². The van der Waals surface area contributed by atoms with Crippen LogP contribution in [0.2, 0.25) is 20.1 Å². The van der Waals surface area contributed by atoms with Crippen LogP contribution >= 0.6 is 46.4 Å². The lowest BCUT2D eigenvalue weighted by molar-refractivity contribution is 0.455. The van der Waals surface area contributed by atoms with Crippen molar-refractivity contribution in [2.24, 2.45) is 0 Å². The van der Waals surface area contributed by atoms with Gasteiger partial charge in [0.25, 0.3) is 10.1 Å². The molecule has 0 aliphatic heterocycles. The zero-order valence-electron chi connectivity index (χ0n) is 14.3. The first-order valence-electron chi connectivity index (χ1n) is 7.89. The van der Waals surface area contributed by atoms with Gasteiger partial charge in [-0.2, -0.15) is 8.42 Å². The molecule has 1 atom stereocenters. The molecule has 0 aromatic heterocycles. The molecule has 0 fully saturated rings. The van der Waals surface area contributed by atoms with Gasteiger partial charge in [-0.3, -0.25) is 4.55 Å². The molecule has 0 radical (unpaired) electrons. The van der Waals surface area contributed by atoms with Crippen LogP contribution in [-0.4, -0.2) is 23.2 Å². The van der Waals surface area contributed by atoms with Crippen LogP contribution in [-0.2, 0) is 14.9 Å². The fourth-order valence-corrected chi connectivity index (χ4v) is 5.51. The van der Waals surface area contributed by atoms with Crippen LogP contribution in [0.4, 0.5) is 0 Å². The molecule has 3 rings (SSSR count). The molecule has 0 spiro atoms. The van der Waals surface area contributed by atoms with Gasteiger partial charge in [-0.1, -0.05) is 58.5 Å². The van der Waals surface area contributed by atoms with Gasteiger partial charge in [0.15, 0.2) is 4.75 Å². The molecule has 10 heteroatoms. The van der Waals surface area contributed by atoms with Crippen molar-refractivity contribution in [2.45, 2.75) is 4.75 Å². The highest BCUT2D eigenvalue weighted by atomic mass is 35.5. The topological polar surface area (TPSA) is 94.8 Å². The second-order valence-corrected chi connectivity index (χ2v) is 9.33. The number of rotatable bonds is 4. The van der Waals surface area contributed by atoms with Gasteiger partial charge in [0.1, 0.15) is 11.5 Å². The maximum atomic E-state index is 13.0. The lowest BCUT2D eigenvalue weighted by Gasteiger charge is -2.34. The molecular weight excluding hydrogens is 482 g/mol. The summed E-state index contributed by atoms with van der Waals surface area (Å²) in [6.07, 6.45) is 0. The van der Waals surface area contributed by atoms with Crippen LogP contribution in [0.3, 0.4) is 0 Å². The Morgan fingerprint density at radius 2 is 1.31 bits per heavy atom. The van der Waals surface area contributed by atoms with Gasteiger partial charge >= 0.3 is 0 Å². The molecular formula is C19H12Cl4O5S. The first-order chi connectivity index (χ1) is 13.5. The highest BCUT2D eigenvalue weighted by Gasteiger charge is 2.51. The fourth-order valence-electron chi connectivity index (χ4n) is 3.16. The molecule has 5 nitrogen and oxygen atoms in total. The van der Waals surface area contributed by atoms with Crippen LogP contribution in [0.1, 0.15) is 16.7 Å². The van der Waals surface area contributed by atoms with Crippen molar-refractivity contribution in [3.63, 3.8) is 0 Å². The Kier molecular flexibility index (Phi) is 5.98. The van der Waals surface area contributed by atoms with Crippen molar-refractivity contribution in [2.75, 3.05) is 0 Å². The van der Waals surface area contributed by atoms with Crippen LogP contribution in [0.25, 0.3) is 0 Å². The lowest BCUT2D eigenvalue weighted by Crippen LogP contribution is -2.38. The molecule has 0 saturated heterocycles. The molecule has 3 N–H and O–H groups in total. The molecule has 0 heterocycles. The number of hydrogen-bond donors (Lipinski definition) is 3. The highest BCUT2D eigenvalue weighted by molar-refractivity contribution is 7.87. The fraction of sp³-hybridized carbons (Fsp3) is 0.0526. The number of hydrogen-bond acceptors (Lipinski definition) is 4. The minimum atomic E-state index is -5.07. The average molecular weight is 494 g/mol. The van der Waals surface area contributed by atoms with Gasteiger partial charge in [0.2, 0.25) is 0 Å². The third-order valence-corrected chi connectivity index (χ3v) is 7.03. The van der Waals surface area contributed by atoms with E-state index >= 15 is 0 Å². The summed E-state index contributed by atoms with van der Waals surface area (Å²) in [6.45, 7) is 0. The van der Waals surface area contributed by atoms with Gasteiger partial charge in [0.05, 0.1) is 5.02 Å². The van der Waals surface area contributed by atoms with Gasteiger partial charge < -0.3 is 10.2 Å². The summed E-state index contributed by atoms with van der Waals surface area (Å²) in [5.41, 5.74) is -0.397. The summed E-state index contributed by atoms with van der Waals surface area (Å²) < 4.78 is 34.0. The van der Waals surface area contributed by atoms with Crippen LogP contribution in [0, 0.1) is 0 Å². The van der Waals surface area contributed by atoms with E-state index in [9.17, 15) is 23.2 Å². The number of aromatic hydroxyl groups is 2. The maximum absolute atomic E-state index is 13.0. The number of halogens is 4. The minimum absolute atomic E-state index is 0.0144. The van der Waals surface area contributed by atoms with E-state index in [0.717, 1.165) is 18.2 Å². The molecule has 3 aromatic carbocycles. The number of phenolic OH excluding ortho intramolecular Hbond substituents is 2. The monoisotopic (exact) mass is 492 g/mol. The van der Waals surface area contributed by atoms with E-state index in [1.54, 1.807) is 0 Å². The molecule has 0 saturated carbocycles. The van der Waals surface area contributed by atoms with E-state index in [-0.39, 0.29) is 37.5 Å². The van der Waals surface area contributed by atoms with E-state index in [1.807, 2.05) is 0 Å². The first kappa shape index (κ1) is 22.0.